The fraction of sp³-hybridized carbons (Fsp3) is 0.500. The molecule has 0 aliphatic carbocycles. The Balaban J connectivity index is 3.24. The molecule has 19 heavy (non-hydrogen) atoms. The monoisotopic (exact) mass is 288 g/mol. The van der Waals surface area contributed by atoms with Crippen LogP contribution in [0.15, 0.2) is 17.0 Å². The second kappa shape index (κ2) is 6.12. The number of sulfonamides is 1. The van der Waals surface area contributed by atoms with E-state index in [2.05, 4.69) is 4.72 Å². The van der Waals surface area contributed by atoms with Gasteiger partial charge in [-0.3, -0.25) is 0 Å². The van der Waals surface area contributed by atoms with E-state index in [0.717, 1.165) is 0 Å². The molecule has 3 N–H and O–H groups in total. The molecule has 1 aromatic rings. The molecular formula is C12H20N2O4S. The average Bonchev–Trinajstić information content (AvgIpc) is 2.35. The molecule has 0 aliphatic rings. The third-order valence-corrected chi connectivity index (χ3v) is 3.93. The van der Waals surface area contributed by atoms with Gasteiger partial charge in [0.25, 0.3) is 0 Å². The van der Waals surface area contributed by atoms with Crippen LogP contribution >= 0.6 is 0 Å². The van der Waals surface area contributed by atoms with E-state index in [1.165, 1.54) is 26.4 Å². The van der Waals surface area contributed by atoms with Crippen LogP contribution in [0.4, 0.5) is 5.69 Å². The van der Waals surface area contributed by atoms with E-state index in [1.807, 2.05) is 13.8 Å². The Morgan fingerprint density at radius 1 is 1.21 bits per heavy atom. The van der Waals surface area contributed by atoms with Gasteiger partial charge in [-0.1, -0.05) is 13.8 Å². The molecule has 0 saturated carbocycles. The van der Waals surface area contributed by atoms with Crippen LogP contribution in [0.3, 0.4) is 0 Å². The van der Waals surface area contributed by atoms with Gasteiger partial charge in [0.1, 0.15) is 16.4 Å². The lowest BCUT2D eigenvalue weighted by Gasteiger charge is -2.14. The summed E-state index contributed by atoms with van der Waals surface area (Å²) >= 11 is 0. The molecule has 0 amide bonds. The minimum atomic E-state index is -3.66. The quantitative estimate of drug-likeness (QED) is 0.768. The molecule has 0 saturated heterocycles. The third kappa shape index (κ3) is 3.74. The molecule has 0 atom stereocenters. The Bertz CT molecular complexity index is 541. The van der Waals surface area contributed by atoms with Crippen LogP contribution in [0.5, 0.6) is 11.5 Å². The number of nitrogens with two attached hydrogens (primary N) is 1. The highest BCUT2D eigenvalue weighted by Crippen LogP contribution is 2.33. The highest BCUT2D eigenvalue weighted by Gasteiger charge is 2.22. The molecule has 0 unspecified atom stereocenters. The van der Waals surface area contributed by atoms with Crippen molar-refractivity contribution >= 4 is 15.7 Å². The SMILES string of the molecule is COc1cc(S(=O)(=O)NCC(C)C)c(OC)cc1N. The lowest BCUT2D eigenvalue weighted by Crippen LogP contribution is -2.28. The molecule has 0 spiro atoms. The van der Waals surface area contributed by atoms with Crippen molar-refractivity contribution in [3.8, 4) is 11.5 Å². The molecular weight excluding hydrogens is 268 g/mol. The molecule has 0 fully saturated rings. The van der Waals surface area contributed by atoms with Crippen molar-refractivity contribution in [1.82, 2.24) is 4.72 Å². The molecule has 1 aromatic carbocycles. The first kappa shape index (κ1) is 15.6. The Labute approximate surface area is 113 Å². The van der Waals surface area contributed by atoms with E-state index in [1.54, 1.807) is 0 Å². The third-order valence-electron chi connectivity index (χ3n) is 2.49. The highest BCUT2D eigenvalue weighted by atomic mass is 32.2. The number of nitrogen functional groups attached to an aromatic ring is 1. The predicted octanol–water partition coefficient (Wildman–Crippen LogP) is 1.22. The number of hydrogen-bond acceptors (Lipinski definition) is 5. The van der Waals surface area contributed by atoms with Gasteiger partial charge in [-0.2, -0.15) is 0 Å². The number of benzene rings is 1. The fourth-order valence-corrected chi connectivity index (χ4v) is 2.84. The largest absolute Gasteiger partial charge is 0.495 e. The number of methoxy groups -OCH3 is 2. The summed E-state index contributed by atoms with van der Waals surface area (Å²) in [7, 11) is -0.840. The van der Waals surface area contributed by atoms with E-state index >= 15 is 0 Å². The number of anilines is 1. The van der Waals surface area contributed by atoms with Crippen LogP contribution in [0.2, 0.25) is 0 Å². The van der Waals surface area contributed by atoms with Crippen molar-refractivity contribution in [3.05, 3.63) is 12.1 Å². The molecule has 0 bridgehead atoms. The van der Waals surface area contributed by atoms with Gasteiger partial charge >= 0.3 is 0 Å². The van der Waals surface area contributed by atoms with Crippen LogP contribution < -0.4 is 19.9 Å². The van der Waals surface area contributed by atoms with Crippen molar-refractivity contribution in [2.45, 2.75) is 18.7 Å². The predicted molar refractivity (Wildman–Crippen MR) is 74.0 cm³/mol. The summed E-state index contributed by atoms with van der Waals surface area (Å²) in [5.74, 6) is 0.691. The number of hydrogen-bond donors (Lipinski definition) is 2. The molecule has 0 aliphatic heterocycles. The van der Waals surface area contributed by atoms with Crippen LogP contribution in [0, 0.1) is 5.92 Å². The Morgan fingerprint density at radius 3 is 2.26 bits per heavy atom. The Morgan fingerprint density at radius 2 is 1.79 bits per heavy atom. The van der Waals surface area contributed by atoms with E-state index in [9.17, 15) is 8.42 Å². The highest BCUT2D eigenvalue weighted by molar-refractivity contribution is 7.89. The van der Waals surface area contributed by atoms with Gasteiger partial charge < -0.3 is 15.2 Å². The topological polar surface area (TPSA) is 90.7 Å². The molecule has 6 nitrogen and oxygen atoms in total. The number of rotatable bonds is 6. The maximum atomic E-state index is 12.2. The second-order valence-corrected chi connectivity index (χ2v) is 6.23. The summed E-state index contributed by atoms with van der Waals surface area (Å²) in [5.41, 5.74) is 6.04. The zero-order valence-corrected chi connectivity index (χ0v) is 12.4. The Kier molecular flexibility index (Phi) is 5.02. The molecule has 0 heterocycles. The maximum absolute atomic E-state index is 12.2. The molecule has 108 valence electrons. The van der Waals surface area contributed by atoms with Crippen LogP contribution in [-0.4, -0.2) is 29.2 Å². The summed E-state index contributed by atoms with van der Waals surface area (Å²) in [6.45, 7) is 4.19. The van der Waals surface area contributed by atoms with E-state index < -0.39 is 10.0 Å². The summed E-state index contributed by atoms with van der Waals surface area (Å²) in [6, 6.07) is 2.79. The van der Waals surface area contributed by atoms with Gasteiger partial charge in [-0.15, -0.1) is 0 Å². The normalized spacial score (nSPS) is 11.6. The van der Waals surface area contributed by atoms with Crippen LogP contribution in [0.25, 0.3) is 0 Å². The first-order chi connectivity index (χ1) is 8.81. The first-order valence-corrected chi connectivity index (χ1v) is 7.31. The van der Waals surface area contributed by atoms with Gasteiger partial charge in [0.15, 0.2) is 0 Å². The Hall–Kier alpha value is -1.47. The molecule has 1 rings (SSSR count). The standard InChI is InChI=1S/C12H20N2O4S/c1-8(2)7-14-19(15,16)12-6-10(17-3)9(13)5-11(12)18-4/h5-6,8,14H,7,13H2,1-4H3. The lowest BCUT2D eigenvalue weighted by atomic mass is 10.2. The van der Waals surface area contributed by atoms with E-state index in [-0.39, 0.29) is 16.6 Å². The summed E-state index contributed by atoms with van der Waals surface area (Å²) in [4.78, 5) is 0.0155. The van der Waals surface area contributed by atoms with Gasteiger partial charge in [-0.25, -0.2) is 13.1 Å². The molecule has 7 heteroatoms. The van der Waals surface area contributed by atoms with Crippen molar-refractivity contribution in [3.63, 3.8) is 0 Å². The fourth-order valence-electron chi connectivity index (χ4n) is 1.46. The van der Waals surface area contributed by atoms with Gasteiger partial charge in [0.05, 0.1) is 19.9 Å². The summed E-state index contributed by atoms with van der Waals surface area (Å²) in [6.07, 6.45) is 0. The number of nitrogens with one attached hydrogen (secondary N) is 1. The van der Waals surface area contributed by atoms with Crippen molar-refractivity contribution < 1.29 is 17.9 Å². The van der Waals surface area contributed by atoms with Crippen molar-refractivity contribution in [1.29, 1.82) is 0 Å². The first-order valence-electron chi connectivity index (χ1n) is 5.83. The number of ether oxygens (including phenoxy) is 2. The van der Waals surface area contributed by atoms with E-state index in [4.69, 9.17) is 15.2 Å². The zero-order chi connectivity index (χ0) is 14.6. The van der Waals surface area contributed by atoms with Crippen LogP contribution in [-0.2, 0) is 10.0 Å². The zero-order valence-electron chi connectivity index (χ0n) is 11.6. The summed E-state index contributed by atoms with van der Waals surface area (Å²) < 4.78 is 37.0. The minimum absolute atomic E-state index is 0.0155. The van der Waals surface area contributed by atoms with Crippen molar-refractivity contribution in [2.75, 3.05) is 26.5 Å². The minimum Gasteiger partial charge on any atom is -0.495 e. The van der Waals surface area contributed by atoms with Gasteiger partial charge in [0.2, 0.25) is 10.0 Å². The average molecular weight is 288 g/mol. The lowest BCUT2D eigenvalue weighted by molar-refractivity contribution is 0.393. The smallest absolute Gasteiger partial charge is 0.244 e. The molecule has 0 radical (unpaired) electrons. The van der Waals surface area contributed by atoms with Crippen LogP contribution in [0.1, 0.15) is 13.8 Å². The van der Waals surface area contributed by atoms with Crippen molar-refractivity contribution in [2.24, 2.45) is 5.92 Å². The molecule has 0 aromatic heterocycles. The maximum Gasteiger partial charge on any atom is 0.244 e. The van der Waals surface area contributed by atoms with Gasteiger partial charge in [-0.05, 0) is 5.92 Å². The summed E-state index contributed by atoms with van der Waals surface area (Å²) in [5, 5.41) is 0. The second-order valence-electron chi connectivity index (χ2n) is 4.49. The van der Waals surface area contributed by atoms with E-state index in [0.29, 0.717) is 18.0 Å². The van der Waals surface area contributed by atoms with Gasteiger partial charge in [0, 0.05) is 18.7 Å².